The van der Waals surface area contributed by atoms with Crippen LogP contribution in [0.5, 0.6) is 0 Å². The summed E-state index contributed by atoms with van der Waals surface area (Å²) < 4.78 is 12.4. The molecule has 4 aromatic rings. The van der Waals surface area contributed by atoms with Crippen molar-refractivity contribution >= 4 is 5.65 Å². The number of fused-ring (bicyclic) bond motifs is 1. The molecule has 0 radical (unpaired) electrons. The Labute approximate surface area is 125 Å². The molecule has 4 rings (SSSR count). The minimum absolute atomic E-state index is 0.252. The second-order valence-corrected chi connectivity index (χ2v) is 5.28. The van der Waals surface area contributed by atoms with Crippen molar-refractivity contribution in [2.24, 2.45) is 0 Å². The molecule has 7 nitrogen and oxygen atoms in total. The molecule has 110 valence electrons. The van der Waals surface area contributed by atoms with E-state index in [2.05, 4.69) is 20.3 Å². The number of imidazole rings is 1. The second kappa shape index (κ2) is 4.80. The first-order valence-electron chi connectivity index (χ1n) is 6.95. The lowest BCUT2D eigenvalue weighted by Crippen LogP contribution is -1.81. The summed E-state index contributed by atoms with van der Waals surface area (Å²) in [4.78, 5) is 8.80. The van der Waals surface area contributed by atoms with Gasteiger partial charge in [-0.2, -0.15) is 4.98 Å². The van der Waals surface area contributed by atoms with Crippen LogP contribution in [0.3, 0.4) is 0 Å². The van der Waals surface area contributed by atoms with E-state index in [1.165, 1.54) is 0 Å². The Bertz CT molecular complexity index is 901. The van der Waals surface area contributed by atoms with Crippen molar-refractivity contribution in [1.29, 1.82) is 0 Å². The van der Waals surface area contributed by atoms with Crippen LogP contribution in [-0.2, 0) is 0 Å². The molecule has 4 aromatic heterocycles. The molecule has 22 heavy (non-hydrogen) atoms. The summed E-state index contributed by atoms with van der Waals surface area (Å²) in [5.41, 5.74) is 2.01. The van der Waals surface area contributed by atoms with Crippen LogP contribution in [0.4, 0.5) is 0 Å². The van der Waals surface area contributed by atoms with Gasteiger partial charge in [0.2, 0.25) is 5.82 Å². The zero-order chi connectivity index (χ0) is 15.1. The van der Waals surface area contributed by atoms with Crippen molar-refractivity contribution in [2.75, 3.05) is 0 Å². The molecule has 0 atom stereocenters. The van der Waals surface area contributed by atoms with Gasteiger partial charge < -0.3 is 13.4 Å². The lowest BCUT2D eigenvalue weighted by molar-refractivity contribution is 0.368. The van der Waals surface area contributed by atoms with Crippen molar-refractivity contribution in [1.82, 2.24) is 24.7 Å². The van der Waals surface area contributed by atoms with Crippen LogP contribution in [0, 0.1) is 0 Å². The highest BCUT2D eigenvalue weighted by Crippen LogP contribution is 2.24. The molecule has 0 aliphatic carbocycles. The first-order valence-corrected chi connectivity index (χ1v) is 6.95. The van der Waals surface area contributed by atoms with E-state index in [1.54, 1.807) is 0 Å². The summed E-state index contributed by atoms with van der Waals surface area (Å²) in [7, 11) is 0. The zero-order valence-electron chi connectivity index (χ0n) is 12.1. The van der Waals surface area contributed by atoms with E-state index in [0.29, 0.717) is 23.1 Å². The average molecular weight is 295 g/mol. The Morgan fingerprint density at radius 1 is 1.05 bits per heavy atom. The fraction of sp³-hybridized carbons (Fsp3) is 0.200. The Hall–Kier alpha value is -2.96. The zero-order valence-corrected chi connectivity index (χ0v) is 12.1. The van der Waals surface area contributed by atoms with Gasteiger partial charge in [-0.15, -0.1) is 0 Å². The summed E-state index contributed by atoms with van der Waals surface area (Å²) in [5.74, 6) is 1.78. The van der Waals surface area contributed by atoms with Gasteiger partial charge in [0.25, 0.3) is 5.89 Å². The predicted molar refractivity (Wildman–Crippen MR) is 78.1 cm³/mol. The maximum Gasteiger partial charge on any atom is 0.280 e. The third-order valence-corrected chi connectivity index (χ3v) is 3.34. The molecule has 0 aliphatic rings. The fourth-order valence-electron chi connectivity index (χ4n) is 2.14. The molecule has 0 spiro atoms. The number of pyridine rings is 1. The van der Waals surface area contributed by atoms with Gasteiger partial charge in [-0.1, -0.05) is 30.2 Å². The summed E-state index contributed by atoms with van der Waals surface area (Å²) >= 11 is 0. The van der Waals surface area contributed by atoms with Crippen LogP contribution in [0.15, 0.2) is 45.7 Å². The van der Waals surface area contributed by atoms with Crippen molar-refractivity contribution in [3.05, 3.63) is 42.4 Å². The van der Waals surface area contributed by atoms with Crippen LogP contribution in [-0.4, -0.2) is 24.7 Å². The van der Waals surface area contributed by atoms with E-state index >= 15 is 0 Å². The summed E-state index contributed by atoms with van der Waals surface area (Å²) in [5, 5.41) is 7.93. The molecular formula is C15H13N5O2. The number of nitrogens with zero attached hydrogens (tertiary/aromatic N) is 5. The largest absolute Gasteiger partial charge is 0.360 e. The molecule has 0 aromatic carbocycles. The molecule has 0 bridgehead atoms. The van der Waals surface area contributed by atoms with Gasteiger partial charge in [0.15, 0.2) is 5.69 Å². The van der Waals surface area contributed by atoms with Crippen molar-refractivity contribution in [2.45, 2.75) is 19.8 Å². The average Bonchev–Trinajstić information content (AvgIpc) is 3.24. The predicted octanol–water partition coefficient (Wildman–Crippen LogP) is 3.16. The van der Waals surface area contributed by atoms with Crippen molar-refractivity contribution < 1.29 is 9.05 Å². The standard InChI is InChI=1S/C15H13N5O2/c1-9(2)12-7-10(18-21-12)15-17-14(19-22-15)11-8-20-6-4-3-5-13(20)16-11/h3-9H,1-2H3. The molecule has 0 fully saturated rings. The second-order valence-electron chi connectivity index (χ2n) is 5.28. The SMILES string of the molecule is CC(C)c1cc(-c2nc(-c3cn4ccccc4n3)no2)no1. The van der Waals surface area contributed by atoms with E-state index in [4.69, 9.17) is 9.05 Å². The van der Waals surface area contributed by atoms with E-state index in [9.17, 15) is 0 Å². The summed E-state index contributed by atoms with van der Waals surface area (Å²) in [6, 6.07) is 7.59. The normalized spacial score (nSPS) is 11.6. The minimum atomic E-state index is 0.252. The highest BCUT2D eigenvalue weighted by Gasteiger charge is 2.17. The third-order valence-electron chi connectivity index (χ3n) is 3.34. The highest BCUT2D eigenvalue weighted by atomic mass is 16.5. The quantitative estimate of drug-likeness (QED) is 0.577. The molecule has 0 amide bonds. The van der Waals surface area contributed by atoms with Crippen LogP contribution >= 0.6 is 0 Å². The number of hydrogen-bond acceptors (Lipinski definition) is 6. The van der Waals surface area contributed by atoms with E-state index in [0.717, 1.165) is 11.4 Å². The van der Waals surface area contributed by atoms with Gasteiger partial charge in [0.1, 0.15) is 17.1 Å². The topological polar surface area (TPSA) is 82.2 Å². The van der Waals surface area contributed by atoms with Crippen LogP contribution in [0.2, 0.25) is 0 Å². The molecule has 0 unspecified atom stereocenters. The van der Waals surface area contributed by atoms with Crippen molar-refractivity contribution in [3.63, 3.8) is 0 Å². The van der Waals surface area contributed by atoms with E-state index < -0.39 is 0 Å². The maximum atomic E-state index is 5.26. The highest BCUT2D eigenvalue weighted by molar-refractivity contribution is 5.57. The Balaban J connectivity index is 1.70. The molecule has 7 heteroatoms. The maximum absolute atomic E-state index is 5.26. The van der Waals surface area contributed by atoms with Gasteiger partial charge in [-0.25, -0.2) is 4.98 Å². The number of rotatable bonds is 3. The Kier molecular flexibility index (Phi) is 2.78. The molecule has 0 saturated heterocycles. The van der Waals surface area contributed by atoms with E-state index in [1.807, 2.05) is 54.9 Å². The van der Waals surface area contributed by atoms with Crippen LogP contribution in [0.1, 0.15) is 25.5 Å². The lowest BCUT2D eigenvalue weighted by atomic mass is 10.1. The molecule has 0 N–H and O–H groups in total. The van der Waals surface area contributed by atoms with Gasteiger partial charge in [0, 0.05) is 24.4 Å². The number of hydrogen-bond donors (Lipinski definition) is 0. The first kappa shape index (κ1) is 12.8. The lowest BCUT2D eigenvalue weighted by Gasteiger charge is -1.92. The molecular weight excluding hydrogens is 282 g/mol. The fourth-order valence-corrected chi connectivity index (χ4v) is 2.14. The Morgan fingerprint density at radius 2 is 1.95 bits per heavy atom. The summed E-state index contributed by atoms with van der Waals surface area (Å²) in [6.07, 6.45) is 3.77. The number of aromatic nitrogens is 5. The van der Waals surface area contributed by atoms with Gasteiger partial charge in [0.05, 0.1) is 0 Å². The monoisotopic (exact) mass is 295 g/mol. The van der Waals surface area contributed by atoms with Gasteiger partial charge in [-0.05, 0) is 12.1 Å². The van der Waals surface area contributed by atoms with E-state index in [-0.39, 0.29) is 5.92 Å². The molecule has 0 saturated carbocycles. The van der Waals surface area contributed by atoms with Crippen LogP contribution in [0.25, 0.3) is 28.8 Å². The van der Waals surface area contributed by atoms with Crippen LogP contribution < -0.4 is 0 Å². The van der Waals surface area contributed by atoms with Gasteiger partial charge in [-0.3, -0.25) is 0 Å². The van der Waals surface area contributed by atoms with Crippen molar-refractivity contribution in [3.8, 4) is 23.1 Å². The molecule has 4 heterocycles. The minimum Gasteiger partial charge on any atom is -0.360 e. The smallest absolute Gasteiger partial charge is 0.280 e. The first-order chi connectivity index (χ1) is 10.7. The summed E-state index contributed by atoms with van der Waals surface area (Å²) in [6.45, 7) is 4.06. The van der Waals surface area contributed by atoms with Gasteiger partial charge >= 0.3 is 0 Å². The third kappa shape index (κ3) is 2.07. The molecule has 0 aliphatic heterocycles. The Morgan fingerprint density at radius 3 is 2.73 bits per heavy atom.